The Balaban J connectivity index is 1.41. The normalized spacial score (nSPS) is 17.4. The Morgan fingerprint density at radius 2 is 1.74 bits per heavy atom. The van der Waals surface area contributed by atoms with E-state index in [1.54, 1.807) is 25.3 Å². The molecule has 0 N–H and O–H groups in total. The SMILES string of the molecule is COc1cc(/C=C2\SC(=O)N(C(C)C)C2=O)ccc1OCc1ccc(C(=O)N2CCCCC2)cc1. The van der Waals surface area contributed by atoms with Crippen molar-refractivity contribution in [3.63, 3.8) is 0 Å². The number of piperidine rings is 1. The molecule has 184 valence electrons. The van der Waals surface area contributed by atoms with Gasteiger partial charge in [-0.3, -0.25) is 19.3 Å². The molecule has 2 aliphatic heterocycles. The number of hydrogen-bond acceptors (Lipinski definition) is 6. The van der Waals surface area contributed by atoms with E-state index in [4.69, 9.17) is 9.47 Å². The van der Waals surface area contributed by atoms with Gasteiger partial charge in [0.1, 0.15) is 6.61 Å². The molecule has 2 aromatic rings. The smallest absolute Gasteiger partial charge is 0.293 e. The molecule has 0 atom stereocenters. The number of rotatable bonds is 7. The third-order valence-electron chi connectivity index (χ3n) is 6.06. The third-order valence-corrected chi connectivity index (χ3v) is 6.95. The second-order valence-corrected chi connectivity index (χ2v) is 9.89. The quantitative estimate of drug-likeness (QED) is 0.484. The summed E-state index contributed by atoms with van der Waals surface area (Å²) >= 11 is 0.942. The average Bonchev–Trinajstić information content (AvgIpc) is 3.16. The molecule has 2 aromatic carbocycles. The minimum Gasteiger partial charge on any atom is -0.493 e. The van der Waals surface area contributed by atoms with Gasteiger partial charge in [-0.15, -0.1) is 0 Å². The Morgan fingerprint density at radius 1 is 1.03 bits per heavy atom. The lowest BCUT2D eigenvalue weighted by atomic mass is 10.1. The first-order valence-electron chi connectivity index (χ1n) is 11.8. The number of carbonyl (C=O) groups is 3. The van der Waals surface area contributed by atoms with E-state index in [0.717, 1.165) is 48.8 Å². The molecule has 2 saturated heterocycles. The van der Waals surface area contributed by atoms with Crippen molar-refractivity contribution in [2.75, 3.05) is 20.2 Å². The van der Waals surface area contributed by atoms with E-state index in [0.29, 0.717) is 28.6 Å². The molecule has 8 heteroatoms. The van der Waals surface area contributed by atoms with Crippen LogP contribution in [-0.4, -0.2) is 53.1 Å². The minimum absolute atomic E-state index is 0.0840. The van der Waals surface area contributed by atoms with Gasteiger partial charge in [-0.1, -0.05) is 18.2 Å². The number of amides is 3. The van der Waals surface area contributed by atoms with Crippen LogP contribution in [0, 0.1) is 0 Å². The van der Waals surface area contributed by atoms with E-state index < -0.39 is 0 Å². The summed E-state index contributed by atoms with van der Waals surface area (Å²) < 4.78 is 11.5. The monoisotopic (exact) mass is 494 g/mol. The zero-order valence-corrected chi connectivity index (χ0v) is 21.1. The molecule has 0 aliphatic carbocycles. The van der Waals surface area contributed by atoms with E-state index >= 15 is 0 Å². The summed E-state index contributed by atoms with van der Waals surface area (Å²) in [6, 6.07) is 12.7. The minimum atomic E-state index is -0.281. The largest absolute Gasteiger partial charge is 0.493 e. The molecule has 2 heterocycles. The summed E-state index contributed by atoms with van der Waals surface area (Å²) in [6.45, 7) is 5.61. The van der Waals surface area contributed by atoms with Crippen molar-refractivity contribution in [3.05, 3.63) is 64.1 Å². The van der Waals surface area contributed by atoms with Gasteiger partial charge in [-0.05, 0) is 86.3 Å². The molecule has 7 nitrogen and oxygen atoms in total. The Hall–Kier alpha value is -3.26. The standard InChI is InChI=1S/C27H30N2O5S/c1-18(2)29-26(31)24(35-27(29)32)16-20-9-12-22(23(15-20)33-3)34-17-19-7-10-21(11-8-19)25(30)28-13-5-4-6-14-28/h7-12,15-16,18H,4-6,13-14,17H2,1-3H3/b24-16-. The maximum absolute atomic E-state index is 12.6. The second kappa shape index (κ2) is 11.0. The molecule has 2 fully saturated rings. The van der Waals surface area contributed by atoms with Crippen molar-refractivity contribution in [3.8, 4) is 11.5 Å². The highest BCUT2D eigenvalue weighted by molar-refractivity contribution is 8.18. The number of ether oxygens (including phenoxy) is 2. The van der Waals surface area contributed by atoms with Gasteiger partial charge in [0.2, 0.25) is 0 Å². The summed E-state index contributed by atoms with van der Waals surface area (Å²) in [7, 11) is 1.56. The highest BCUT2D eigenvalue weighted by atomic mass is 32.2. The van der Waals surface area contributed by atoms with Crippen molar-refractivity contribution >= 4 is 34.9 Å². The fourth-order valence-corrected chi connectivity index (χ4v) is 5.11. The molecular formula is C27H30N2O5S. The predicted molar refractivity (Wildman–Crippen MR) is 136 cm³/mol. The van der Waals surface area contributed by atoms with Crippen LogP contribution in [0.2, 0.25) is 0 Å². The van der Waals surface area contributed by atoms with E-state index in [1.807, 2.05) is 49.1 Å². The van der Waals surface area contributed by atoms with E-state index in [2.05, 4.69) is 0 Å². The highest BCUT2D eigenvalue weighted by Crippen LogP contribution is 2.35. The van der Waals surface area contributed by atoms with Crippen molar-refractivity contribution in [2.45, 2.75) is 45.8 Å². The summed E-state index contributed by atoms with van der Waals surface area (Å²) in [4.78, 5) is 40.9. The van der Waals surface area contributed by atoms with Crippen LogP contribution in [0.25, 0.3) is 6.08 Å². The number of hydrogen-bond donors (Lipinski definition) is 0. The van der Waals surface area contributed by atoms with Gasteiger partial charge in [0.05, 0.1) is 12.0 Å². The fraction of sp³-hybridized carbons (Fsp3) is 0.370. The fourth-order valence-electron chi connectivity index (χ4n) is 4.15. The third kappa shape index (κ3) is 5.70. The van der Waals surface area contributed by atoms with Crippen molar-refractivity contribution in [2.24, 2.45) is 0 Å². The summed E-state index contributed by atoms with van der Waals surface area (Å²) in [5, 5.41) is -0.258. The number of methoxy groups -OCH3 is 1. The maximum Gasteiger partial charge on any atom is 0.293 e. The Bertz CT molecular complexity index is 1140. The number of nitrogens with zero attached hydrogens (tertiary/aromatic N) is 2. The maximum atomic E-state index is 12.6. The predicted octanol–water partition coefficient (Wildman–Crippen LogP) is 5.35. The van der Waals surface area contributed by atoms with Gasteiger partial charge in [0.25, 0.3) is 17.1 Å². The molecular weight excluding hydrogens is 464 g/mol. The Kier molecular flexibility index (Phi) is 7.80. The van der Waals surface area contributed by atoms with Crippen LogP contribution in [0.15, 0.2) is 47.4 Å². The molecule has 4 rings (SSSR count). The first-order chi connectivity index (χ1) is 16.9. The molecule has 35 heavy (non-hydrogen) atoms. The molecule has 2 aliphatic rings. The van der Waals surface area contributed by atoms with Gasteiger partial charge >= 0.3 is 0 Å². The number of carbonyl (C=O) groups excluding carboxylic acids is 3. The zero-order chi connectivity index (χ0) is 24.9. The molecule has 0 unspecified atom stereocenters. The lowest BCUT2D eigenvalue weighted by molar-refractivity contribution is -0.123. The zero-order valence-electron chi connectivity index (χ0n) is 20.3. The van der Waals surface area contributed by atoms with Crippen LogP contribution >= 0.6 is 11.8 Å². The number of likely N-dealkylation sites (tertiary alicyclic amines) is 1. The van der Waals surface area contributed by atoms with Gasteiger partial charge < -0.3 is 14.4 Å². The lowest BCUT2D eigenvalue weighted by Crippen LogP contribution is -2.35. The number of thioether (sulfide) groups is 1. The molecule has 0 aromatic heterocycles. The van der Waals surface area contributed by atoms with Crippen molar-refractivity contribution in [1.82, 2.24) is 9.80 Å². The van der Waals surface area contributed by atoms with Crippen LogP contribution in [0.4, 0.5) is 4.79 Å². The number of imide groups is 1. The van der Waals surface area contributed by atoms with Crippen LogP contribution in [-0.2, 0) is 11.4 Å². The Morgan fingerprint density at radius 3 is 2.37 bits per heavy atom. The lowest BCUT2D eigenvalue weighted by Gasteiger charge is -2.26. The van der Waals surface area contributed by atoms with Crippen molar-refractivity contribution in [1.29, 1.82) is 0 Å². The first-order valence-corrected chi connectivity index (χ1v) is 12.6. The summed E-state index contributed by atoms with van der Waals surface area (Å²) in [5.41, 5.74) is 2.37. The summed E-state index contributed by atoms with van der Waals surface area (Å²) in [6.07, 6.45) is 5.02. The van der Waals surface area contributed by atoms with Crippen LogP contribution in [0.5, 0.6) is 11.5 Å². The first kappa shape index (κ1) is 24.9. The van der Waals surface area contributed by atoms with E-state index in [1.165, 1.54) is 11.3 Å². The number of benzene rings is 2. The second-order valence-electron chi connectivity index (χ2n) is 8.89. The van der Waals surface area contributed by atoms with Gasteiger partial charge in [0, 0.05) is 24.7 Å². The molecule has 0 radical (unpaired) electrons. The summed E-state index contributed by atoms with van der Waals surface area (Å²) in [5.74, 6) is 0.893. The highest BCUT2D eigenvalue weighted by Gasteiger charge is 2.36. The van der Waals surface area contributed by atoms with Crippen LogP contribution in [0.1, 0.15) is 54.6 Å². The molecule has 3 amide bonds. The molecule has 0 spiro atoms. The van der Waals surface area contributed by atoms with E-state index in [9.17, 15) is 14.4 Å². The molecule has 0 saturated carbocycles. The van der Waals surface area contributed by atoms with E-state index in [-0.39, 0.29) is 23.1 Å². The molecule has 0 bridgehead atoms. The van der Waals surface area contributed by atoms with Crippen LogP contribution in [0.3, 0.4) is 0 Å². The van der Waals surface area contributed by atoms with Gasteiger partial charge in [-0.2, -0.15) is 0 Å². The van der Waals surface area contributed by atoms with Gasteiger partial charge in [0.15, 0.2) is 11.5 Å². The van der Waals surface area contributed by atoms with Crippen molar-refractivity contribution < 1.29 is 23.9 Å². The average molecular weight is 495 g/mol. The topological polar surface area (TPSA) is 76.1 Å². The Labute approximate surface area is 210 Å². The van der Waals surface area contributed by atoms with Gasteiger partial charge in [-0.25, -0.2) is 0 Å². The van der Waals surface area contributed by atoms with Crippen LogP contribution < -0.4 is 9.47 Å².